The van der Waals surface area contributed by atoms with E-state index >= 15 is 0 Å². The van der Waals surface area contributed by atoms with Gasteiger partial charge in [-0.25, -0.2) is 0 Å². The van der Waals surface area contributed by atoms with Crippen LogP contribution in [0.15, 0.2) is 54.6 Å². The molecule has 0 aliphatic rings. The van der Waals surface area contributed by atoms with E-state index in [1.807, 2.05) is 23.5 Å². The van der Waals surface area contributed by atoms with Crippen LogP contribution in [0.3, 0.4) is 0 Å². The van der Waals surface area contributed by atoms with E-state index in [1.165, 1.54) is 31.6 Å². The maximum absolute atomic E-state index is 5.62. The van der Waals surface area contributed by atoms with Crippen LogP contribution in [-0.4, -0.2) is 7.11 Å². The molecule has 0 atom stereocenters. The molecule has 0 bridgehead atoms. The van der Waals surface area contributed by atoms with Gasteiger partial charge in [-0.05, 0) is 18.2 Å². The van der Waals surface area contributed by atoms with Crippen molar-refractivity contribution in [2.24, 2.45) is 7.05 Å². The van der Waals surface area contributed by atoms with Gasteiger partial charge in [-0.15, -0.1) is 11.3 Å². The van der Waals surface area contributed by atoms with Crippen LogP contribution < -0.4 is 9.30 Å². The molecule has 0 radical (unpaired) electrons. The average Bonchev–Trinajstić information content (AvgIpc) is 2.94. The fourth-order valence-electron chi connectivity index (χ4n) is 3.20. The highest BCUT2D eigenvalue weighted by atomic mass is 32.1. The van der Waals surface area contributed by atoms with Gasteiger partial charge in [-0.1, -0.05) is 30.3 Å². The van der Waals surface area contributed by atoms with E-state index in [4.69, 9.17) is 4.74 Å². The number of rotatable bonds is 2. The maximum atomic E-state index is 5.62. The van der Waals surface area contributed by atoms with Crippen molar-refractivity contribution in [2.45, 2.75) is 6.92 Å². The SMILES string of the molecule is COc1ccccc1-c1c2c(cc(C)[n+]1C)sc1ccccc12. The molecule has 114 valence electrons. The molecular weight excluding hydrogens is 302 g/mol. The van der Waals surface area contributed by atoms with Gasteiger partial charge in [0.1, 0.15) is 12.8 Å². The Balaban J connectivity index is 2.22. The van der Waals surface area contributed by atoms with Crippen molar-refractivity contribution in [3.8, 4) is 17.0 Å². The number of hydrogen-bond acceptors (Lipinski definition) is 2. The van der Waals surface area contributed by atoms with Crippen molar-refractivity contribution in [2.75, 3.05) is 7.11 Å². The number of ether oxygens (including phenoxy) is 1. The lowest BCUT2D eigenvalue weighted by atomic mass is 10.0. The second kappa shape index (κ2) is 5.36. The van der Waals surface area contributed by atoms with Crippen LogP contribution in [0.5, 0.6) is 5.75 Å². The second-order valence-corrected chi connectivity index (χ2v) is 6.81. The second-order valence-electron chi connectivity index (χ2n) is 5.73. The lowest BCUT2D eigenvalue weighted by Gasteiger charge is -2.09. The number of fused-ring (bicyclic) bond motifs is 3. The molecule has 0 saturated heterocycles. The molecule has 0 N–H and O–H groups in total. The van der Waals surface area contributed by atoms with E-state index in [0.717, 1.165) is 11.3 Å². The molecule has 2 aromatic heterocycles. The number of nitrogens with zero attached hydrogens (tertiary/aromatic N) is 1. The van der Waals surface area contributed by atoms with E-state index in [-0.39, 0.29) is 0 Å². The monoisotopic (exact) mass is 320 g/mol. The highest BCUT2D eigenvalue weighted by molar-refractivity contribution is 7.25. The summed E-state index contributed by atoms with van der Waals surface area (Å²) in [7, 11) is 3.86. The van der Waals surface area contributed by atoms with E-state index in [0.29, 0.717) is 0 Å². The van der Waals surface area contributed by atoms with Crippen molar-refractivity contribution in [1.82, 2.24) is 0 Å². The van der Waals surface area contributed by atoms with Gasteiger partial charge >= 0.3 is 0 Å². The van der Waals surface area contributed by atoms with E-state index < -0.39 is 0 Å². The molecule has 0 saturated carbocycles. The van der Waals surface area contributed by atoms with Crippen LogP contribution in [-0.2, 0) is 7.05 Å². The van der Waals surface area contributed by atoms with Crippen LogP contribution in [0, 0.1) is 6.92 Å². The van der Waals surface area contributed by atoms with Crippen LogP contribution in [0.25, 0.3) is 31.4 Å². The first-order valence-corrected chi connectivity index (χ1v) is 8.46. The first-order valence-electron chi connectivity index (χ1n) is 7.65. The first kappa shape index (κ1) is 14.2. The van der Waals surface area contributed by atoms with Gasteiger partial charge < -0.3 is 4.74 Å². The summed E-state index contributed by atoms with van der Waals surface area (Å²) < 4.78 is 10.5. The van der Waals surface area contributed by atoms with Crippen LogP contribution >= 0.6 is 11.3 Å². The number of aryl methyl sites for hydroxylation is 1. The third kappa shape index (κ3) is 2.12. The lowest BCUT2D eigenvalue weighted by molar-refractivity contribution is -0.665. The summed E-state index contributed by atoms with van der Waals surface area (Å²) in [5.74, 6) is 0.908. The molecule has 0 fully saturated rings. The Labute approximate surface area is 139 Å². The maximum Gasteiger partial charge on any atom is 0.225 e. The minimum Gasteiger partial charge on any atom is -0.496 e. The Morgan fingerprint density at radius 3 is 2.52 bits per heavy atom. The lowest BCUT2D eigenvalue weighted by Crippen LogP contribution is -2.34. The van der Waals surface area contributed by atoms with Crippen molar-refractivity contribution in [1.29, 1.82) is 0 Å². The van der Waals surface area contributed by atoms with Gasteiger partial charge in [0, 0.05) is 27.8 Å². The number of para-hydroxylation sites is 1. The average molecular weight is 320 g/mol. The topological polar surface area (TPSA) is 13.1 Å². The zero-order valence-corrected chi connectivity index (χ0v) is 14.3. The summed E-state index contributed by atoms with van der Waals surface area (Å²) in [6, 6.07) is 19.1. The first-order chi connectivity index (χ1) is 11.2. The standard InChI is InChI=1S/C20H18NOS/c1-13-12-18-19(15-9-5-7-11-17(15)23-18)20(21(13)2)14-8-4-6-10-16(14)22-3/h4-12H,1-3H3/q+1. The summed E-state index contributed by atoms with van der Waals surface area (Å²) in [6.45, 7) is 2.16. The molecule has 0 spiro atoms. The summed E-state index contributed by atoms with van der Waals surface area (Å²) in [4.78, 5) is 0. The minimum absolute atomic E-state index is 0.908. The Morgan fingerprint density at radius 2 is 1.70 bits per heavy atom. The van der Waals surface area contributed by atoms with E-state index in [2.05, 4.69) is 61.0 Å². The molecule has 4 aromatic rings. The van der Waals surface area contributed by atoms with Crippen LogP contribution in [0.1, 0.15) is 5.69 Å². The van der Waals surface area contributed by atoms with Crippen molar-refractivity contribution in [3.05, 3.63) is 60.3 Å². The molecule has 2 heterocycles. The van der Waals surface area contributed by atoms with Crippen LogP contribution in [0.4, 0.5) is 0 Å². The smallest absolute Gasteiger partial charge is 0.225 e. The Hall–Kier alpha value is -2.39. The number of pyridine rings is 1. The number of aromatic nitrogens is 1. The summed E-state index contributed by atoms with van der Waals surface area (Å²) in [5, 5.41) is 2.62. The van der Waals surface area contributed by atoms with Crippen molar-refractivity contribution < 1.29 is 9.30 Å². The predicted molar refractivity (Wildman–Crippen MR) is 97.2 cm³/mol. The van der Waals surface area contributed by atoms with Crippen LogP contribution in [0.2, 0.25) is 0 Å². The van der Waals surface area contributed by atoms with E-state index in [1.54, 1.807) is 7.11 Å². The summed E-state index contributed by atoms with van der Waals surface area (Å²) in [6.07, 6.45) is 0. The Kier molecular flexibility index (Phi) is 3.31. The van der Waals surface area contributed by atoms with Crippen molar-refractivity contribution >= 4 is 31.5 Å². The van der Waals surface area contributed by atoms with Gasteiger partial charge in [-0.2, -0.15) is 4.57 Å². The van der Waals surface area contributed by atoms with Gasteiger partial charge in [0.15, 0.2) is 5.69 Å². The van der Waals surface area contributed by atoms with Gasteiger partial charge in [0.05, 0.1) is 18.1 Å². The fourth-order valence-corrected chi connectivity index (χ4v) is 4.40. The zero-order chi connectivity index (χ0) is 16.0. The molecular formula is C20H18NOS+. The minimum atomic E-state index is 0.908. The van der Waals surface area contributed by atoms with Gasteiger partial charge in [-0.3, -0.25) is 0 Å². The molecule has 3 heteroatoms. The number of methoxy groups -OCH3 is 1. The normalized spacial score (nSPS) is 11.3. The molecule has 0 amide bonds. The highest BCUT2D eigenvalue weighted by Gasteiger charge is 2.23. The van der Waals surface area contributed by atoms with Gasteiger partial charge in [0.25, 0.3) is 0 Å². The predicted octanol–water partition coefficient (Wildman–Crippen LogP) is 4.86. The molecule has 23 heavy (non-hydrogen) atoms. The van der Waals surface area contributed by atoms with E-state index in [9.17, 15) is 0 Å². The third-order valence-corrected chi connectivity index (χ3v) is 5.54. The van der Waals surface area contributed by atoms with Crippen molar-refractivity contribution in [3.63, 3.8) is 0 Å². The quantitative estimate of drug-likeness (QED) is 0.481. The highest BCUT2D eigenvalue weighted by Crippen LogP contribution is 2.40. The molecule has 0 aliphatic heterocycles. The Morgan fingerprint density at radius 1 is 0.957 bits per heavy atom. The number of benzene rings is 2. The molecule has 0 aliphatic carbocycles. The zero-order valence-electron chi connectivity index (χ0n) is 13.5. The third-order valence-electron chi connectivity index (χ3n) is 4.43. The number of thiophene rings is 1. The Bertz CT molecular complexity index is 1030. The fraction of sp³-hybridized carbons (Fsp3) is 0.150. The summed E-state index contributed by atoms with van der Waals surface area (Å²) in [5.41, 5.74) is 3.59. The largest absolute Gasteiger partial charge is 0.496 e. The number of hydrogen-bond donors (Lipinski definition) is 0. The molecule has 0 unspecified atom stereocenters. The molecule has 4 rings (SSSR count). The molecule has 2 aromatic carbocycles. The molecule has 2 nitrogen and oxygen atoms in total. The van der Waals surface area contributed by atoms with Gasteiger partial charge in [0.2, 0.25) is 5.69 Å². The summed E-state index contributed by atoms with van der Waals surface area (Å²) >= 11 is 1.85.